The Kier molecular flexibility index (Phi) is 6.48. The number of esters is 1. The lowest BCUT2D eigenvalue weighted by Gasteiger charge is -2.02. The average Bonchev–Trinajstić information content (AvgIpc) is 2.62. The van der Waals surface area contributed by atoms with Gasteiger partial charge in [-0.15, -0.1) is 0 Å². The van der Waals surface area contributed by atoms with E-state index in [1.165, 1.54) is 43.7 Å². The molecule has 0 fully saturated rings. The van der Waals surface area contributed by atoms with Crippen molar-refractivity contribution < 1.29 is 19.0 Å². The van der Waals surface area contributed by atoms with Crippen molar-refractivity contribution in [1.29, 1.82) is 0 Å². The van der Waals surface area contributed by atoms with E-state index in [1.807, 2.05) is 0 Å². The quantitative estimate of drug-likeness (QED) is 0.272. The largest absolute Gasteiger partial charge is 0.507 e. The van der Waals surface area contributed by atoms with Gasteiger partial charge >= 0.3 is 5.97 Å². The zero-order valence-corrected chi connectivity index (χ0v) is 14.1. The maximum atomic E-state index is 12.9. The molecule has 2 rings (SSSR count). The topological polar surface area (TPSA) is 58.9 Å². The standard InChI is InChI=1S/C19H15ClFNO3/c1-25-19(24)17(12-22-16-9-7-15(21)8-10-16)18(23)11-4-13-2-5-14(20)6-3-13/h2-12,23H,1H3/b11-4+,18-17+,22-12?. The van der Waals surface area contributed by atoms with Gasteiger partial charge in [0, 0.05) is 11.2 Å². The Labute approximate surface area is 149 Å². The lowest BCUT2D eigenvalue weighted by atomic mass is 10.1. The third-order valence-corrected chi connectivity index (χ3v) is 3.41. The second-order valence-corrected chi connectivity index (χ2v) is 5.35. The maximum absolute atomic E-state index is 12.9. The molecule has 0 unspecified atom stereocenters. The van der Waals surface area contributed by atoms with Crippen LogP contribution in [0.25, 0.3) is 6.08 Å². The van der Waals surface area contributed by atoms with Crippen LogP contribution in [0.2, 0.25) is 5.02 Å². The smallest absolute Gasteiger partial charge is 0.343 e. The summed E-state index contributed by atoms with van der Waals surface area (Å²) in [5.74, 6) is -1.45. The zero-order valence-electron chi connectivity index (χ0n) is 13.3. The first-order valence-electron chi connectivity index (χ1n) is 7.24. The number of rotatable bonds is 5. The van der Waals surface area contributed by atoms with Crippen molar-refractivity contribution in [1.82, 2.24) is 0 Å². The van der Waals surface area contributed by atoms with Crippen LogP contribution in [0.1, 0.15) is 5.56 Å². The Morgan fingerprint density at radius 2 is 1.80 bits per heavy atom. The summed E-state index contributed by atoms with van der Waals surface area (Å²) in [6.45, 7) is 0. The molecule has 0 saturated heterocycles. The second-order valence-electron chi connectivity index (χ2n) is 4.91. The van der Waals surface area contributed by atoms with Crippen LogP contribution in [0.5, 0.6) is 0 Å². The molecule has 4 nitrogen and oxygen atoms in total. The van der Waals surface area contributed by atoms with E-state index >= 15 is 0 Å². The Morgan fingerprint density at radius 1 is 1.16 bits per heavy atom. The fourth-order valence-corrected chi connectivity index (χ4v) is 1.96. The number of benzene rings is 2. The fraction of sp³-hybridized carbons (Fsp3) is 0.0526. The fourth-order valence-electron chi connectivity index (χ4n) is 1.84. The number of aliphatic hydroxyl groups excluding tert-OH is 1. The molecule has 2 aromatic carbocycles. The zero-order chi connectivity index (χ0) is 18.2. The molecule has 0 aliphatic heterocycles. The number of hydrogen-bond donors (Lipinski definition) is 1. The minimum atomic E-state index is -0.746. The summed E-state index contributed by atoms with van der Waals surface area (Å²) in [7, 11) is 1.20. The molecule has 0 aliphatic carbocycles. The lowest BCUT2D eigenvalue weighted by molar-refractivity contribution is -0.135. The van der Waals surface area contributed by atoms with E-state index in [2.05, 4.69) is 9.73 Å². The Bertz CT molecular complexity index is 825. The molecule has 0 heterocycles. The van der Waals surface area contributed by atoms with E-state index in [0.29, 0.717) is 10.7 Å². The Morgan fingerprint density at radius 3 is 2.40 bits per heavy atom. The van der Waals surface area contributed by atoms with E-state index in [0.717, 1.165) is 5.56 Å². The predicted molar refractivity (Wildman–Crippen MR) is 96.7 cm³/mol. The second kappa shape index (κ2) is 8.80. The summed E-state index contributed by atoms with van der Waals surface area (Å²) < 4.78 is 17.5. The summed E-state index contributed by atoms with van der Waals surface area (Å²) in [5.41, 5.74) is 1.09. The predicted octanol–water partition coefficient (Wildman–Crippen LogP) is 4.88. The number of methoxy groups -OCH3 is 1. The van der Waals surface area contributed by atoms with Gasteiger partial charge in [-0.25, -0.2) is 9.18 Å². The highest BCUT2D eigenvalue weighted by Crippen LogP contribution is 2.15. The van der Waals surface area contributed by atoms with Gasteiger partial charge in [0.15, 0.2) is 0 Å². The Balaban J connectivity index is 2.27. The number of aliphatic hydroxyl groups is 1. The molecule has 0 radical (unpaired) electrons. The Hall–Kier alpha value is -2.92. The minimum Gasteiger partial charge on any atom is -0.507 e. The molecule has 0 aliphatic rings. The molecular formula is C19H15ClFNO3. The number of hydrogen-bond acceptors (Lipinski definition) is 4. The van der Waals surface area contributed by atoms with Gasteiger partial charge in [-0.05, 0) is 48.0 Å². The molecular weight excluding hydrogens is 345 g/mol. The monoisotopic (exact) mass is 359 g/mol. The van der Waals surface area contributed by atoms with Crippen molar-refractivity contribution in [3.63, 3.8) is 0 Å². The van der Waals surface area contributed by atoms with Gasteiger partial charge in [-0.2, -0.15) is 0 Å². The third-order valence-electron chi connectivity index (χ3n) is 3.15. The van der Waals surface area contributed by atoms with Gasteiger partial charge < -0.3 is 9.84 Å². The molecule has 0 aromatic heterocycles. The normalized spacial score (nSPS) is 12.4. The summed E-state index contributed by atoms with van der Waals surface area (Å²) >= 11 is 5.81. The first kappa shape index (κ1) is 18.4. The number of allylic oxidation sites excluding steroid dienone is 1. The minimum absolute atomic E-state index is 0.128. The highest BCUT2D eigenvalue weighted by molar-refractivity contribution is 6.30. The van der Waals surface area contributed by atoms with E-state index in [4.69, 9.17) is 11.6 Å². The molecule has 0 spiro atoms. The summed E-state index contributed by atoms with van der Waals surface area (Å²) in [6.07, 6.45) is 4.13. The van der Waals surface area contributed by atoms with Gasteiger partial charge in [0.25, 0.3) is 0 Å². The number of carbonyl (C=O) groups excluding carboxylic acids is 1. The molecule has 6 heteroatoms. The van der Waals surface area contributed by atoms with Crippen molar-refractivity contribution >= 4 is 35.5 Å². The maximum Gasteiger partial charge on any atom is 0.343 e. The van der Waals surface area contributed by atoms with Gasteiger partial charge in [0.05, 0.1) is 12.8 Å². The number of carbonyl (C=O) groups is 1. The molecule has 2 aromatic rings. The summed E-state index contributed by atoms with van der Waals surface area (Å²) in [4.78, 5) is 15.9. The summed E-state index contributed by atoms with van der Waals surface area (Å²) in [5, 5.41) is 10.8. The average molecular weight is 360 g/mol. The van der Waals surface area contributed by atoms with Crippen LogP contribution in [0.3, 0.4) is 0 Å². The van der Waals surface area contributed by atoms with E-state index in [9.17, 15) is 14.3 Å². The number of nitrogens with zero attached hydrogens (tertiary/aromatic N) is 1. The van der Waals surface area contributed by atoms with Crippen LogP contribution in [-0.2, 0) is 9.53 Å². The molecule has 0 amide bonds. The SMILES string of the molecule is COC(=O)/C(C=Nc1ccc(F)cc1)=C(O)\C=C\c1ccc(Cl)cc1. The van der Waals surface area contributed by atoms with Crippen molar-refractivity contribution in [2.24, 2.45) is 4.99 Å². The summed E-state index contributed by atoms with van der Waals surface area (Å²) in [6, 6.07) is 12.3. The van der Waals surface area contributed by atoms with Crippen molar-refractivity contribution in [2.45, 2.75) is 0 Å². The molecule has 0 atom stereocenters. The van der Waals surface area contributed by atoms with Gasteiger partial charge in [0.1, 0.15) is 17.1 Å². The molecule has 0 bridgehead atoms. The van der Waals surface area contributed by atoms with Crippen molar-refractivity contribution in [3.05, 3.63) is 82.3 Å². The van der Waals surface area contributed by atoms with Crippen LogP contribution in [0, 0.1) is 5.82 Å². The molecule has 0 saturated carbocycles. The first-order chi connectivity index (χ1) is 12.0. The van der Waals surface area contributed by atoms with Crippen LogP contribution in [0.15, 0.2) is 70.9 Å². The van der Waals surface area contributed by atoms with E-state index in [1.54, 1.807) is 30.3 Å². The van der Waals surface area contributed by atoms with Gasteiger partial charge in [0.2, 0.25) is 0 Å². The number of aliphatic imine (C=N–C) groups is 1. The van der Waals surface area contributed by atoms with Crippen LogP contribution in [0.4, 0.5) is 10.1 Å². The highest BCUT2D eigenvalue weighted by Gasteiger charge is 2.12. The van der Waals surface area contributed by atoms with Gasteiger partial charge in [-0.1, -0.05) is 29.8 Å². The number of ether oxygens (including phenoxy) is 1. The first-order valence-corrected chi connectivity index (χ1v) is 7.62. The molecule has 128 valence electrons. The lowest BCUT2D eigenvalue weighted by Crippen LogP contribution is -2.08. The molecule has 1 N–H and O–H groups in total. The number of halogens is 2. The van der Waals surface area contributed by atoms with Gasteiger partial charge in [-0.3, -0.25) is 4.99 Å². The van der Waals surface area contributed by atoms with E-state index in [-0.39, 0.29) is 11.3 Å². The van der Waals surface area contributed by atoms with E-state index < -0.39 is 11.8 Å². The third kappa shape index (κ3) is 5.58. The van der Waals surface area contributed by atoms with Crippen molar-refractivity contribution in [2.75, 3.05) is 7.11 Å². The molecule has 25 heavy (non-hydrogen) atoms. The van der Waals surface area contributed by atoms with Crippen LogP contribution in [-0.4, -0.2) is 24.4 Å². The van der Waals surface area contributed by atoms with Crippen molar-refractivity contribution in [3.8, 4) is 0 Å². The van der Waals surface area contributed by atoms with Crippen LogP contribution >= 0.6 is 11.6 Å². The van der Waals surface area contributed by atoms with Crippen LogP contribution < -0.4 is 0 Å². The highest BCUT2D eigenvalue weighted by atomic mass is 35.5.